The van der Waals surface area contributed by atoms with E-state index in [2.05, 4.69) is 24.1 Å². The van der Waals surface area contributed by atoms with Crippen molar-refractivity contribution in [3.8, 4) is 0 Å². The summed E-state index contributed by atoms with van der Waals surface area (Å²) in [6, 6.07) is 1.42. The van der Waals surface area contributed by atoms with E-state index in [0.29, 0.717) is 6.04 Å². The van der Waals surface area contributed by atoms with Gasteiger partial charge >= 0.3 is 0 Å². The van der Waals surface area contributed by atoms with Gasteiger partial charge in [0.25, 0.3) is 0 Å². The first kappa shape index (κ1) is 14.3. The van der Waals surface area contributed by atoms with Crippen molar-refractivity contribution in [1.82, 2.24) is 10.2 Å². The van der Waals surface area contributed by atoms with Gasteiger partial charge in [0, 0.05) is 31.7 Å². The lowest BCUT2D eigenvalue weighted by Gasteiger charge is -2.42. The summed E-state index contributed by atoms with van der Waals surface area (Å²) in [6.07, 6.45) is 6.92. The smallest absolute Gasteiger partial charge is 0.0556 e. The zero-order valence-electron chi connectivity index (χ0n) is 12.1. The van der Waals surface area contributed by atoms with E-state index in [0.717, 1.165) is 24.4 Å². The van der Waals surface area contributed by atoms with E-state index in [1.54, 1.807) is 0 Å². The highest BCUT2D eigenvalue weighted by Crippen LogP contribution is 2.30. The Kier molecular flexibility index (Phi) is 5.46. The Morgan fingerprint density at radius 1 is 1.22 bits per heavy atom. The molecular formula is C15H30N2O. The number of nitrogens with one attached hydrogen (secondary N) is 1. The summed E-state index contributed by atoms with van der Waals surface area (Å²) in [7, 11) is 0. The molecule has 0 spiro atoms. The number of nitrogens with zero attached hydrogens (tertiary/aromatic N) is 1. The number of hydrogen-bond donors (Lipinski definition) is 2. The molecule has 2 aliphatic rings. The molecule has 106 valence electrons. The second-order valence-corrected chi connectivity index (χ2v) is 6.51. The fourth-order valence-electron chi connectivity index (χ4n) is 3.64. The number of aliphatic hydroxyl groups is 1. The third-order valence-corrected chi connectivity index (χ3v) is 4.84. The summed E-state index contributed by atoms with van der Waals surface area (Å²) < 4.78 is 0. The maximum atomic E-state index is 8.97. The topological polar surface area (TPSA) is 35.5 Å². The fourth-order valence-corrected chi connectivity index (χ4v) is 3.64. The van der Waals surface area contributed by atoms with Crippen LogP contribution in [-0.2, 0) is 0 Å². The molecule has 1 aliphatic heterocycles. The van der Waals surface area contributed by atoms with Gasteiger partial charge in [-0.2, -0.15) is 0 Å². The third-order valence-electron chi connectivity index (χ3n) is 4.84. The molecule has 3 nitrogen and oxygen atoms in total. The predicted molar refractivity (Wildman–Crippen MR) is 75.7 cm³/mol. The van der Waals surface area contributed by atoms with E-state index in [4.69, 9.17) is 5.11 Å². The second-order valence-electron chi connectivity index (χ2n) is 6.51. The van der Waals surface area contributed by atoms with Crippen molar-refractivity contribution in [1.29, 1.82) is 0 Å². The number of rotatable bonds is 5. The summed E-state index contributed by atoms with van der Waals surface area (Å²) in [6.45, 7) is 8.19. The first-order valence-corrected chi connectivity index (χ1v) is 7.79. The van der Waals surface area contributed by atoms with Crippen molar-refractivity contribution in [2.75, 3.05) is 26.2 Å². The van der Waals surface area contributed by atoms with Crippen LogP contribution in [0.3, 0.4) is 0 Å². The summed E-state index contributed by atoms with van der Waals surface area (Å²) in [4.78, 5) is 2.73. The van der Waals surface area contributed by atoms with Crippen LogP contribution in [0.25, 0.3) is 0 Å². The molecular weight excluding hydrogens is 224 g/mol. The van der Waals surface area contributed by atoms with Crippen LogP contribution in [-0.4, -0.2) is 48.3 Å². The molecule has 0 aromatic rings. The number of piperidine rings is 1. The van der Waals surface area contributed by atoms with Crippen molar-refractivity contribution >= 4 is 0 Å². The van der Waals surface area contributed by atoms with Gasteiger partial charge in [-0.25, -0.2) is 0 Å². The first-order chi connectivity index (χ1) is 8.70. The molecule has 0 bridgehead atoms. The third kappa shape index (κ3) is 3.69. The van der Waals surface area contributed by atoms with Crippen LogP contribution in [0.15, 0.2) is 0 Å². The Morgan fingerprint density at radius 2 is 1.94 bits per heavy atom. The van der Waals surface area contributed by atoms with Gasteiger partial charge in [-0.15, -0.1) is 0 Å². The lowest BCUT2D eigenvalue weighted by molar-refractivity contribution is 0.0784. The van der Waals surface area contributed by atoms with Gasteiger partial charge in [0.1, 0.15) is 0 Å². The molecule has 1 aliphatic carbocycles. The average molecular weight is 254 g/mol. The molecule has 2 N–H and O–H groups in total. The Bertz CT molecular complexity index is 239. The quantitative estimate of drug-likeness (QED) is 0.786. The number of hydrogen-bond acceptors (Lipinski definition) is 3. The zero-order valence-corrected chi connectivity index (χ0v) is 12.1. The Balaban J connectivity index is 1.92. The molecule has 1 heterocycles. The van der Waals surface area contributed by atoms with Crippen LogP contribution in [0.2, 0.25) is 0 Å². The highest BCUT2D eigenvalue weighted by Gasteiger charge is 2.33. The molecule has 2 unspecified atom stereocenters. The highest BCUT2D eigenvalue weighted by atomic mass is 16.3. The highest BCUT2D eigenvalue weighted by molar-refractivity contribution is 4.89. The Morgan fingerprint density at radius 3 is 2.56 bits per heavy atom. The van der Waals surface area contributed by atoms with E-state index in [-0.39, 0.29) is 6.61 Å². The van der Waals surface area contributed by atoms with Gasteiger partial charge in [-0.1, -0.05) is 26.7 Å². The normalized spacial score (nSPS) is 31.3. The van der Waals surface area contributed by atoms with Crippen LogP contribution < -0.4 is 5.32 Å². The maximum absolute atomic E-state index is 8.97. The van der Waals surface area contributed by atoms with Crippen molar-refractivity contribution in [3.05, 3.63) is 0 Å². The van der Waals surface area contributed by atoms with Crippen LogP contribution in [0.5, 0.6) is 0 Å². The van der Waals surface area contributed by atoms with E-state index in [1.807, 2.05) is 0 Å². The second kappa shape index (κ2) is 6.88. The molecule has 2 fully saturated rings. The summed E-state index contributed by atoms with van der Waals surface area (Å²) in [5, 5.41) is 12.5. The van der Waals surface area contributed by atoms with Gasteiger partial charge in [-0.3, -0.25) is 4.90 Å². The van der Waals surface area contributed by atoms with E-state index < -0.39 is 0 Å². The van der Waals surface area contributed by atoms with E-state index >= 15 is 0 Å². The summed E-state index contributed by atoms with van der Waals surface area (Å²) in [5.74, 6) is 1.59. The molecule has 0 aromatic heterocycles. The SMILES string of the molecule is CC(C)C1CC(NCCO)CN(C2CCCC2)C1. The minimum Gasteiger partial charge on any atom is -0.395 e. The summed E-state index contributed by atoms with van der Waals surface area (Å²) >= 11 is 0. The lowest BCUT2D eigenvalue weighted by atomic mass is 9.84. The minimum atomic E-state index is 0.256. The van der Waals surface area contributed by atoms with Gasteiger partial charge in [0.15, 0.2) is 0 Å². The van der Waals surface area contributed by atoms with Crippen molar-refractivity contribution < 1.29 is 5.11 Å². The van der Waals surface area contributed by atoms with E-state index in [9.17, 15) is 0 Å². The summed E-state index contributed by atoms with van der Waals surface area (Å²) in [5.41, 5.74) is 0. The maximum Gasteiger partial charge on any atom is 0.0556 e. The van der Waals surface area contributed by atoms with Gasteiger partial charge in [-0.05, 0) is 31.1 Å². The Labute approximate surface area is 112 Å². The monoisotopic (exact) mass is 254 g/mol. The lowest BCUT2D eigenvalue weighted by Crippen LogP contribution is -2.53. The molecule has 1 saturated carbocycles. The van der Waals surface area contributed by atoms with Gasteiger partial charge < -0.3 is 10.4 Å². The Hall–Kier alpha value is -0.120. The molecule has 18 heavy (non-hydrogen) atoms. The standard InChI is InChI=1S/C15H30N2O/c1-12(2)13-9-14(16-7-8-18)11-17(10-13)15-5-3-4-6-15/h12-16,18H,3-11H2,1-2H3. The van der Waals surface area contributed by atoms with Crippen LogP contribution >= 0.6 is 0 Å². The van der Waals surface area contributed by atoms with Crippen molar-refractivity contribution in [2.24, 2.45) is 11.8 Å². The number of likely N-dealkylation sites (tertiary alicyclic amines) is 1. The fraction of sp³-hybridized carbons (Fsp3) is 1.00. The molecule has 2 rings (SSSR count). The zero-order chi connectivity index (χ0) is 13.0. The van der Waals surface area contributed by atoms with Gasteiger partial charge in [0.2, 0.25) is 0 Å². The number of aliphatic hydroxyl groups excluding tert-OH is 1. The van der Waals surface area contributed by atoms with E-state index in [1.165, 1.54) is 45.2 Å². The van der Waals surface area contributed by atoms with Gasteiger partial charge in [0.05, 0.1) is 6.61 Å². The first-order valence-electron chi connectivity index (χ1n) is 7.79. The molecule has 2 atom stereocenters. The molecule has 0 aromatic carbocycles. The van der Waals surface area contributed by atoms with Crippen LogP contribution in [0.4, 0.5) is 0 Å². The van der Waals surface area contributed by atoms with Crippen molar-refractivity contribution in [2.45, 2.75) is 58.0 Å². The molecule has 1 saturated heterocycles. The van der Waals surface area contributed by atoms with Crippen LogP contribution in [0, 0.1) is 11.8 Å². The predicted octanol–water partition coefficient (Wildman–Crippen LogP) is 1.86. The van der Waals surface area contributed by atoms with Crippen LogP contribution in [0.1, 0.15) is 46.0 Å². The average Bonchev–Trinajstić information content (AvgIpc) is 2.89. The van der Waals surface area contributed by atoms with Crippen molar-refractivity contribution in [3.63, 3.8) is 0 Å². The largest absolute Gasteiger partial charge is 0.395 e. The minimum absolute atomic E-state index is 0.256. The molecule has 0 radical (unpaired) electrons. The molecule has 0 amide bonds. The molecule has 3 heteroatoms.